The number of thiophene rings is 3. The molecule has 14 nitrogen and oxygen atoms in total. The van der Waals surface area contributed by atoms with Crippen LogP contribution >= 0.6 is 34.0 Å². The summed E-state index contributed by atoms with van der Waals surface area (Å²) in [5, 5.41) is 41.3. The maximum absolute atomic E-state index is 11.8. The minimum Gasteiger partial charge on any atom is -0.504 e. The molecular weight excluding hydrogens is 1240 g/mol. The Balaban J connectivity index is 0.000000217. The Morgan fingerprint density at radius 1 is 0.513 bits per heavy atom. The van der Waals surface area contributed by atoms with E-state index in [1.807, 2.05) is 60.9 Å². The summed E-state index contributed by atoms with van der Waals surface area (Å²) in [5.74, 6) is -6.74. The van der Waals surface area contributed by atoms with Crippen molar-refractivity contribution < 1.29 is 119 Å². The third-order valence-corrected chi connectivity index (χ3v) is 12.8. The van der Waals surface area contributed by atoms with Gasteiger partial charge in [-0.25, -0.2) is 0 Å². The van der Waals surface area contributed by atoms with Crippen molar-refractivity contribution in [2.45, 2.75) is 32.4 Å². The van der Waals surface area contributed by atoms with Gasteiger partial charge in [-0.2, -0.15) is 74.0 Å². The number of allylic oxidation sites excluding steroid dienone is 6. The van der Waals surface area contributed by atoms with Crippen LogP contribution in [-0.2, 0) is 0 Å². The van der Waals surface area contributed by atoms with Gasteiger partial charge in [-0.05, 0) is 84.6 Å². The minimum absolute atomic E-state index is 0. The molecule has 0 bridgehead atoms. The van der Waals surface area contributed by atoms with Crippen molar-refractivity contribution in [2.24, 2.45) is 0 Å². The maximum Gasteiger partial charge on any atom is 0.448 e. The van der Waals surface area contributed by atoms with Crippen LogP contribution in [0, 0.1) is 49.4 Å². The molecule has 1 radical (unpaired) electrons. The largest absolute Gasteiger partial charge is 0.504 e. The number of nitrogens with zero attached hydrogens (tertiary/aromatic N) is 8. The summed E-state index contributed by atoms with van der Waals surface area (Å²) in [5.41, 5.74) is 3.93. The number of aliphatic hydroxyl groups excluding tert-OH is 3. The summed E-state index contributed by atoms with van der Waals surface area (Å²) in [6, 6.07) is 33.1. The number of aromatic nitrogens is 7. The number of carbonyl (C=O) groups is 3. The number of aliphatic hydroxyl groups is 3. The standard InChI is InChI=1S/C27H24N8.3C8H5F3O2S.Eu/c1-3-33(4-2)22-15-13-19(14-16-22)25-30-26(34-23-11-7-5-9-20(23)17-28-34)32-27(31-25)35-24-12-8-6-10-21(24)18-29-35;3*9-8(10,11)7(13)4-5(12)6-2-1-3-14-6;/h5-18H,3-4H2,1-2H3;3*1-4,13H;/b;3*7-4-;. The number of alkyl halides is 9. The molecule has 407 valence electrons. The van der Waals surface area contributed by atoms with Crippen LogP contribution in [0.4, 0.5) is 45.2 Å². The molecule has 9 rings (SSSR count). The second-order valence-electron chi connectivity index (χ2n) is 15.3. The summed E-state index contributed by atoms with van der Waals surface area (Å²) < 4.78 is 110. The molecule has 3 aromatic carbocycles. The molecule has 6 aromatic heterocycles. The fourth-order valence-electron chi connectivity index (χ4n) is 6.43. The third kappa shape index (κ3) is 16.8. The first-order valence-corrected chi connectivity index (χ1v) is 24.8. The van der Waals surface area contributed by atoms with Gasteiger partial charge in [0, 0.05) is 103 Å². The molecule has 0 aliphatic rings. The van der Waals surface area contributed by atoms with Gasteiger partial charge in [0.15, 0.2) is 23.2 Å². The van der Waals surface area contributed by atoms with Crippen LogP contribution in [-0.4, -0.2) is 98.8 Å². The number of benzene rings is 3. The Bertz CT molecular complexity index is 3260. The Kier molecular flexibility index (Phi) is 21.9. The number of rotatable bonds is 12. The van der Waals surface area contributed by atoms with E-state index >= 15 is 0 Å². The average molecular weight is 1280 g/mol. The van der Waals surface area contributed by atoms with E-state index < -0.39 is 53.2 Å². The van der Waals surface area contributed by atoms with E-state index in [0.717, 1.165) is 74.5 Å². The Morgan fingerprint density at radius 3 is 1.17 bits per heavy atom. The van der Waals surface area contributed by atoms with Crippen LogP contribution in [0.3, 0.4) is 0 Å². The first kappa shape index (κ1) is 61.9. The number of halogens is 9. The summed E-state index contributed by atoms with van der Waals surface area (Å²) >= 11 is 3.03. The predicted molar refractivity (Wildman–Crippen MR) is 274 cm³/mol. The summed E-state index contributed by atoms with van der Waals surface area (Å²) in [7, 11) is 0. The van der Waals surface area contributed by atoms with E-state index in [9.17, 15) is 53.9 Å². The van der Waals surface area contributed by atoms with E-state index in [-0.39, 0.29) is 82.2 Å². The van der Waals surface area contributed by atoms with Gasteiger partial charge >= 0.3 is 18.5 Å². The smallest absolute Gasteiger partial charge is 0.448 e. The van der Waals surface area contributed by atoms with E-state index in [1.165, 1.54) is 42.1 Å². The van der Waals surface area contributed by atoms with Crippen LogP contribution in [0.2, 0.25) is 0 Å². The van der Waals surface area contributed by atoms with E-state index in [4.69, 9.17) is 30.3 Å². The van der Waals surface area contributed by atoms with Crippen molar-refractivity contribution in [3.8, 4) is 23.3 Å². The fourth-order valence-corrected chi connectivity index (χ4v) is 8.34. The zero-order valence-electron chi connectivity index (χ0n) is 40.1. The normalized spacial score (nSPS) is 12.1. The number of anilines is 1. The Hall–Kier alpha value is -6.91. The van der Waals surface area contributed by atoms with Gasteiger partial charge in [0.2, 0.25) is 17.3 Å². The molecule has 0 aliphatic heterocycles. The average Bonchev–Trinajstić information content (AvgIpc) is 4.27. The minimum atomic E-state index is -4.87. The predicted octanol–water partition coefficient (Wildman–Crippen LogP) is 13.9. The Labute approximate surface area is 489 Å². The molecule has 0 spiro atoms. The second kappa shape index (κ2) is 27.6. The number of hydrogen-bond donors (Lipinski definition) is 3. The maximum atomic E-state index is 11.8. The van der Waals surface area contributed by atoms with Crippen LogP contribution in [0.1, 0.15) is 42.9 Å². The van der Waals surface area contributed by atoms with Gasteiger partial charge in [0.25, 0.3) is 11.9 Å². The van der Waals surface area contributed by atoms with Gasteiger partial charge < -0.3 is 20.2 Å². The zero-order valence-corrected chi connectivity index (χ0v) is 44.9. The van der Waals surface area contributed by atoms with Crippen LogP contribution in [0.25, 0.3) is 45.1 Å². The molecule has 0 unspecified atom stereocenters. The molecule has 0 saturated carbocycles. The number of ketones is 3. The van der Waals surface area contributed by atoms with Gasteiger partial charge in [-0.3, -0.25) is 14.4 Å². The van der Waals surface area contributed by atoms with Gasteiger partial charge in [0.05, 0.1) is 38.1 Å². The first-order chi connectivity index (χ1) is 36.5. The molecule has 78 heavy (non-hydrogen) atoms. The number of fused-ring (bicyclic) bond motifs is 2. The summed E-state index contributed by atoms with van der Waals surface area (Å²) in [4.78, 5) is 50.3. The van der Waals surface area contributed by atoms with Crippen LogP contribution < -0.4 is 4.90 Å². The van der Waals surface area contributed by atoms with Crippen molar-refractivity contribution in [3.63, 3.8) is 0 Å². The van der Waals surface area contributed by atoms with Crippen molar-refractivity contribution in [1.82, 2.24) is 34.5 Å². The molecule has 27 heteroatoms. The monoisotopic (exact) mass is 1280 g/mol. The second-order valence-corrected chi connectivity index (χ2v) is 18.2. The third-order valence-electron chi connectivity index (χ3n) is 10.2. The topological polar surface area (TPSA) is 189 Å². The summed E-state index contributed by atoms with van der Waals surface area (Å²) in [6.07, 6.45) is -10.4. The van der Waals surface area contributed by atoms with E-state index in [1.54, 1.807) is 25.5 Å². The molecule has 0 fully saturated rings. The summed E-state index contributed by atoms with van der Waals surface area (Å²) in [6.45, 7) is 6.22. The Morgan fingerprint density at radius 2 is 0.859 bits per heavy atom. The zero-order chi connectivity index (χ0) is 56.1. The molecule has 6 heterocycles. The van der Waals surface area contributed by atoms with Gasteiger partial charge in [0.1, 0.15) is 0 Å². The van der Waals surface area contributed by atoms with Crippen molar-refractivity contribution >= 4 is 78.9 Å². The van der Waals surface area contributed by atoms with Gasteiger partial charge in [-0.1, -0.05) is 54.6 Å². The number of hydrogen-bond acceptors (Lipinski definition) is 15. The van der Waals surface area contributed by atoms with E-state index in [2.05, 4.69) is 53.2 Å². The number of carbonyl (C=O) groups excluding carboxylic acids is 3. The molecule has 9 aromatic rings. The van der Waals surface area contributed by atoms with Crippen molar-refractivity contribution in [3.05, 3.63) is 188 Å². The first-order valence-electron chi connectivity index (χ1n) is 22.1. The fraction of sp³-hybridized carbons (Fsp3) is 0.137. The molecule has 0 amide bonds. The van der Waals surface area contributed by atoms with Crippen LogP contribution in [0.5, 0.6) is 0 Å². The van der Waals surface area contributed by atoms with E-state index in [0.29, 0.717) is 17.7 Å². The SMILES string of the molecule is CCN(CC)c1ccc(-c2nc(-n3ncc4ccccc43)nc(-n3ncc4ccccc43)n2)cc1.O=C(/C=C(\O)C(F)(F)F)c1cccs1.O=C(/C=C(\O)C(F)(F)F)c1cccs1.O=C(/C=C(\O)C(F)(F)F)c1cccs1.[Eu]. The molecular formula is C51H39EuF9N8O6S3. The molecule has 3 N–H and O–H groups in total. The van der Waals surface area contributed by atoms with Crippen molar-refractivity contribution in [2.75, 3.05) is 18.0 Å². The molecule has 0 aliphatic carbocycles. The van der Waals surface area contributed by atoms with Crippen LogP contribution in [0.15, 0.2) is 173 Å². The van der Waals surface area contributed by atoms with Gasteiger partial charge in [-0.15, -0.1) is 34.0 Å². The molecule has 0 saturated heterocycles. The number of para-hydroxylation sites is 2. The molecule has 0 atom stereocenters. The van der Waals surface area contributed by atoms with Crippen molar-refractivity contribution in [1.29, 1.82) is 0 Å². The quantitative estimate of drug-likeness (QED) is 0.0455.